The monoisotopic (exact) mass is 241 g/mol. The van der Waals surface area contributed by atoms with Crippen molar-refractivity contribution in [3.05, 3.63) is 0 Å². The summed E-state index contributed by atoms with van der Waals surface area (Å²) in [7, 11) is 3.42. The van der Waals surface area contributed by atoms with Gasteiger partial charge in [-0.3, -0.25) is 4.79 Å². The summed E-state index contributed by atoms with van der Waals surface area (Å²) >= 11 is 0. The number of ether oxygens (including phenoxy) is 1. The van der Waals surface area contributed by atoms with E-state index in [1.165, 1.54) is 13.5 Å². The van der Waals surface area contributed by atoms with Crippen molar-refractivity contribution in [1.29, 1.82) is 0 Å². The van der Waals surface area contributed by atoms with Crippen LogP contribution in [-0.4, -0.2) is 25.7 Å². The molecule has 1 aliphatic carbocycles. The van der Waals surface area contributed by atoms with E-state index in [4.69, 9.17) is 4.74 Å². The summed E-state index contributed by atoms with van der Waals surface area (Å²) in [5.74, 6) is -0.118. The van der Waals surface area contributed by atoms with Crippen molar-refractivity contribution in [3.8, 4) is 0 Å². The summed E-state index contributed by atoms with van der Waals surface area (Å²) in [5, 5.41) is 3.39. The van der Waals surface area contributed by atoms with E-state index in [9.17, 15) is 4.79 Å². The smallest absolute Gasteiger partial charge is 0.307 e. The molecule has 0 atom stereocenters. The fraction of sp³-hybridized carbons (Fsp3) is 0.929. The van der Waals surface area contributed by atoms with Crippen LogP contribution in [0, 0.1) is 10.8 Å². The van der Waals surface area contributed by atoms with E-state index in [-0.39, 0.29) is 22.3 Å². The molecule has 3 nitrogen and oxygen atoms in total. The molecule has 0 heterocycles. The van der Waals surface area contributed by atoms with Crippen molar-refractivity contribution in [3.63, 3.8) is 0 Å². The van der Waals surface area contributed by atoms with E-state index < -0.39 is 0 Å². The second-order valence-corrected chi connectivity index (χ2v) is 7.14. The van der Waals surface area contributed by atoms with Crippen LogP contribution in [0.4, 0.5) is 0 Å². The van der Waals surface area contributed by atoms with Gasteiger partial charge >= 0.3 is 5.97 Å². The molecule has 0 bridgehead atoms. The zero-order valence-electron chi connectivity index (χ0n) is 12.1. The maximum absolute atomic E-state index is 11.6. The minimum Gasteiger partial charge on any atom is -0.469 e. The van der Waals surface area contributed by atoms with E-state index in [0.29, 0.717) is 6.42 Å². The molecule has 0 aromatic heterocycles. The Morgan fingerprint density at radius 1 is 1.12 bits per heavy atom. The van der Waals surface area contributed by atoms with Gasteiger partial charge in [0.15, 0.2) is 0 Å². The quantitative estimate of drug-likeness (QED) is 0.772. The van der Waals surface area contributed by atoms with Gasteiger partial charge in [-0.2, -0.15) is 0 Å². The molecule has 0 spiro atoms. The summed E-state index contributed by atoms with van der Waals surface area (Å²) in [6, 6.07) is 0. The maximum atomic E-state index is 11.6. The van der Waals surface area contributed by atoms with Crippen LogP contribution in [0.1, 0.15) is 53.4 Å². The number of hydrogen-bond donors (Lipinski definition) is 1. The van der Waals surface area contributed by atoms with Gasteiger partial charge in [0.2, 0.25) is 0 Å². The Morgan fingerprint density at radius 2 is 1.59 bits per heavy atom. The molecule has 0 aliphatic heterocycles. The molecule has 1 saturated carbocycles. The number of carbonyl (C=O) groups is 1. The van der Waals surface area contributed by atoms with Crippen LogP contribution >= 0.6 is 0 Å². The van der Waals surface area contributed by atoms with E-state index in [1.807, 2.05) is 7.05 Å². The van der Waals surface area contributed by atoms with Gasteiger partial charge in [0, 0.05) is 5.54 Å². The van der Waals surface area contributed by atoms with Crippen LogP contribution < -0.4 is 5.32 Å². The number of carbonyl (C=O) groups excluding carboxylic acids is 1. The Hall–Kier alpha value is -0.570. The Labute approximate surface area is 105 Å². The highest BCUT2D eigenvalue weighted by Crippen LogP contribution is 2.51. The molecule has 3 heteroatoms. The summed E-state index contributed by atoms with van der Waals surface area (Å²) in [6.07, 6.45) is 3.71. The third kappa shape index (κ3) is 3.70. The van der Waals surface area contributed by atoms with Crippen molar-refractivity contribution < 1.29 is 9.53 Å². The van der Waals surface area contributed by atoms with E-state index in [2.05, 4.69) is 33.0 Å². The van der Waals surface area contributed by atoms with Crippen LogP contribution in [0.15, 0.2) is 0 Å². The molecule has 0 amide bonds. The molecule has 1 aliphatic rings. The van der Waals surface area contributed by atoms with Crippen molar-refractivity contribution in [2.24, 2.45) is 10.8 Å². The summed E-state index contributed by atoms with van der Waals surface area (Å²) in [5.41, 5.74) is 0.413. The Morgan fingerprint density at radius 3 is 1.94 bits per heavy atom. The molecule has 100 valence electrons. The molecular formula is C14H27NO2. The number of hydrogen-bond acceptors (Lipinski definition) is 3. The van der Waals surface area contributed by atoms with Crippen molar-refractivity contribution in [1.82, 2.24) is 5.32 Å². The summed E-state index contributed by atoms with van der Waals surface area (Å²) in [4.78, 5) is 11.6. The van der Waals surface area contributed by atoms with Crippen molar-refractivity contribution >= 4 is 5.97 Å². The minimum atomic E-state index is -0.118. The second kappa shape index (κ2) is 4.60. The lowest BCUT2D eigenvalue weighted by Gasteiger charge is -2.51. The first-order valence-electron chi connectivity index (χ1n) is 6.39. The lowest BCUT2D eigenvalue weighted by molar-refractivity contribution is -0.143. The fourth-order valence-electron chi connectivity index (χ4n) is 4.05. The maximum Gasteiger partial charge on any atom is 0.307 e. The average Bonchev–Trinajstić information content (AvgIpc) is 2.12. The van der Waals surface area contributed by atoms with Gasteiger partial charge in [-0.1, -0.05) is 27.7 Å². The van der Waals surface area contributed by atoms with Gasteiger partial charge in [0.05, 0.1) is 13.5 Å². The molecule has 17 heavy (non-hydrogen) atoms. The van der Waals surface area contributed by atoms with Crippen LogP contribution in [0.3, 0.4) is 0 Å². The lowest BCUT2D eigenvalue weighted by Crippen LogP contribution is -2.54. The predicted molar refractivity (Wildman–Crippen MR) is 69.8 cm³/mol. The average molecular weight is 241 g/mol. The molecule has 1 rings (SSSR count). The number of nitrogens with one attached hydrogen (secondary N) is 1. The van der Waals surface area contributed by atoms with Gasteiger partial charge in [-0.15, -0.1) is 0 Å². The van der Waals surface area contributed by atoms with Gasteiger partial charge in [0.25, 0.3) is 0 Å². The van der Waals surface area contributed by atoms with Crippen molar-refractivity contribution in [2.75, 3.05) is 14.2 Å². The van der Waals surface area contributed by atoms with E-state index in [0.717, 1.165) is 12.8 Å². The minimum absolute atomic E-state index is 0.113. The Kier molecular flexibility index (Phi) is 3.92. The highest BCUT2D eigenvalue weighted by atomic mass is 16.5. The Balaban J connectivity index is 2.94. The Bertz CT molecular complexity index is 279. The van der Waals surface area contributed by atoms with Gasteiger partial charge in [0.1, 0.15) is 0 Å². The third-order valence-corrected chi connectivity index (χ3v) is 3.83. The van der Waals surface area contributed by atoms with Crippen LogP contribution in [0.5, 0.6) is 0 Å². The van der Waals surface area contributed by atoms with Crippen LogP contribution in [0.25, 0.3) is 0 Å². The molecule has 0 aromatic carbocycles. The van der Waals surface area contributed by atoms with E-state index in [1.54, 1.807) is 0 Å². The summed E-state index contributed by atoms with van der Waals surface area (Å²) < 4.78 is 4.84. The standard InChI is InChI=1S/C14H27NO2/c1-12(2)8-13(3,4)10-14(9-12,15-5)7-11(16)17-6/h15H,7-10H2,1-6H3. The molecular weight excluding hydrogens is 214 g/mol. The second-order valence-electron chi connectivity index (χ2n) is 7.14. The van der Waals surface area contributed by atoms with Crippen LogP contribution in [-0.2, 0) is 9.53 Å². The number of methoxy groups -OCH3 is 1. The zero-order chi connectivity index (χ0) is 13.3. The summed E-state index contributed by atoms with van der Waals surface area (Å²) in [6.45, 7) is 9.16. The molecule has 0 aromatic rings. The lowest BCUT2D eigenvalue weighted by atomic mass is 9.57. The van der Waals surface area contributed by atoms with Gasteiger partial charge in [-0.25, -0.2) is 0 Å². The zero-order valence-corrected chi connectivity index (χ0v) is 12.1. The number of esters is 1. The first kappa shape index (κ1) is 14.5. The highest BCUT2D eigenvalue weighted by Gasteiger charge is 2.47. The number of rotatable bonds is 3. The van der Waals surface area contributed by atoms with Crippen LogP contribution in [0.2, 0.25) is 0 Å². The first-order chi connectivity index (χ1) is 7.64. The first-order valence-corrected chi connectivity index (χ1v) is 6.39. The van der Waals surface area contributed by atoms with E-state index >= 15 is 0 Å². The topological polar surface area (TPSA) is 38.3 Å². The fourth-order valence-corrected chi connectivity index (χ4v) is 4.05. The molecule has 0 unspecified atom stereocenters. The molecule has 1 N–H and O–H groups in total. The largest absolute Gasteiger partial charge is 0.469 e. The SMILES string of the molecule is CNC1(CC(=O)OC)CC(C)(C)CC(C)(C)C1. The molecule has 0 radical (unpaired) electrons. The normalized spacial score (nSPS) is 25.3. The van der Waals surface area contributed by atoms with Crippen molar-refractivity contribution in [2.45, 2.75) is 58.9 Å². The highest BCUT2D eigenvalue weighted by molar-refractivity contribution is 5.70. The molecule has 0 saturated heterocycles. The third-order valence-electron chi connectivity index (χ3n) is 3.83. The predicted octanol–water partition coefficient (Wildman–Crippen LogP) is 2.74. The van der Waals surface area contributed by atoms with Gasteiger partial charge < -0.3 is 10.1 Å². The molecule has 1 fully saturated rings. The van der Waals surface area contributed by atoms with Gasteiger partial charge in [-0.05, 0) is 37.1 Å².